The van der Waals surface area contributed by atoms with Gasteiger partial charge in [-0.1, -0.05) is 6.07 Å². The lowest BCUT2D eigenvalue weighted by atomic mass is 10.2. The second-order valence-electron chi connectivity index (χ2n) is 4.58. The minimum absolute atomic E-state index is 0.669. The van der Waals surface area contributed by atoms with Gasteiger partial charge in [0.1, 0.15) is 0 Å². The van der Waals surface area contributed by atoms with E-state index in [4.69, 9.17) is 5.73 Å². The zero-order valence-corrected chi connectivity index (χ0v) is 12.1. The first-order chi connectivity index (χ1) is 9.28. The highest BCUT2D eigenvalue weighted by molar-refractivity contribution is 7.09. The molecule has 0 fully saturated rings. The van der Waals surface area contributed by atoms with Crippen molar-refractivity contribution in [1.82, 2.24) is 14.9 Å². The molecule has 102 valence electrons. The van der Waals surface area contributed by atoms with E-state index in [1.165, 1.54) is 0 Å². The highest BCUT2D eigenvalue weighted by Gasteiger charge is 2.05. The Labute approximate surface area is 118 Å². The van der Waals surface area contributed by atoms with E-state index in [1.807, 2.05) is 18.3 Å². The standard InChI is InChI=1S/C14H20N4S/c1-18(9-6-12-4-2-3-8-16-12)10-13-11-19-14(17-13)5-7-15/h2-4,8,11H,5-7,9-10,15H2,1H3. The van der Waals surface area contributed by atoms with Gasteiger partial charge in [-0.05, 0) is 25.7 Å². The fraction of sp³-hybridized carbons (Fsp3) is 0.429. The number of hydrogen-bond acceptors (Lipinski definition) is 5. The van der Waals surface area contributed by atoms with Crippen LogP contribution in [0.15, 0.2) is 29.8 Å². The Kier molecular flexibility index (Phi) is 5.44. The summed E-state index contributed by atoms with van der Waals surface area (Å²) >= 11 is 1.70. The van der Waals surface area contributed by atoms with Crippen molar-refractivity contribution in [2.75, 3.05) is 20.1 Å². The van der Waals surface area contributed by atoms with Crippen LogP contribution in [0.5, 0.6) is 0 Å². The first kappa shape index (κ1) is 14.1. The van der Waals surface area contributed by atoms with Crippen molar-refractivity contribution < 1.29 is 0 Å². The molecular formula is C14H20N4S. The third-order valence-electron chi connectivity index (χ3n) is 2.87. The third-order valence-corrected chi connectivity index (χ3v) is 3.82. The number of nitrogens with two attached hydrogens (primary N) is 1. The lowest BCUT2D eigenvalue weighted by Crippen LogP contribution is -2.21. The zero-order valence-electron chi connectivity index (χ0n) is 11.2. The van der Waals surface area contributed by atoms with Crippen LogP contribution < -0.4 is 5.73 Å². The highest BCUT2D eigenvalue weighted by Crippen LogP contribution is 2.11. The molecule has 0 unspecified atom stereocenters. The molecule has 2 aromatic heterocycles. The topological polar surface area (TPSA) is 55.0 Å². The average molecular weight is 276 g/mol. The van der Waals surface area contributed by atoms with Crippen molar-refractivity contribution in [3.8, 4) is 0 Å². The maximum Gasteiger partial charge on any atom is 0.0941 e. The van der Waals surface area contributed by atoms with Gasteiger partial charge < -0.3 is 10.6 Å². The Hall–Kier alpha value is -1.30. The van der Waals surface area contributed by atoms with Crippen LogP contribution in [-0.2, 0) is 19.4 Å². The van der Waals surface area contributed by atoms with Gasteiger partial charge in [0.05, 0.1) is 10.7 Å². The van der Waals surface area contributed by atoms with E-state index in [0.29, 0.717) is 6.54 Å². The normalized spacial score (nSPS) is 11.1. The molecule has 0 aliphatic heterocycles. The van der Waals surface area contributed by atoms with Gasteiger partial charge in [0.2, 0.25) is 0 Å². The minimum atomic E-state index is 0.669. The Morgan fingerprint density at radius 3 is 2.89 bits per heavy atom. The van der Waals surface area contributed by atoms with E-state index in [2.05, 4.69) is 33.4 Å². The molecule has 0 saturated carbocycles. The smallest absolute Gasteiger partial charge is 0.0941 e. The fourth-order valence-electron chi connectivity index (χ4n) is 1.87. The Morgan fingerprint density at radius 2 is 2.16 bits per heavy atom. The molecular weight excluding hydrogens is 256 g/mol. The third kappa shape index (κ3) is 4.70. The second-order valence-corrected chi connectivity index (χ2v) is 5.52. The maximum absolute atomic E-state index is 5.53. The average Bonchev–Trinajstić information content (AvgIpc) is 2.85. The Balaban J connectivity index is 1.78. The predicted octanol–water partition coefficient (Wildman–Crippen LogP) is 1.71. The molecule has 19 heavy (non-hydrogen) atoms. The van der Waals surface area contributed by atoms with Crippen molar-refractivity contribution in [2.24, 2.45) is 5.73 Å². The highest BCUT2D eigenvalue weighted by atomic mass is 32.1. The van der Waals surface area contributed by atoms with E-state index >= 15 is 0 Å². The van der Waals surface area contributed by atoms with E-state index in [0.717, 1.165) is 42.3 Å². The quantitative estimate of drug-likeness (QED) is 0.836. The van der Waals surface area contributed by atoms with Crippen molar-refractivity contribution in [3.63, 3.8) is 0 Å². The summed E-state index contributed by atoms with van der Waals surface area (Å²) in [4.78, 5) is 11.2. The largest absolute Gasteiger partial charge is 0.330 e. The van der Waals surface area contributed by atoms with E-state index < -0.39 is 0 Å². The Morgan fingerprint density at radius 1 is 1.26 bits per heavy atom. The molecule has 0 amide bonds. The van der Waals surface area contributed by atoms with Crippen molar-refractivity contribution in [3.05, 3.63) is 46.2 Å². The first-order valence-corrected chi connectivity index (χ1v) is 7.37. The van der Waals surface area contributed by atoms with Crippen LogP contribution >= 0.6 is 11.3 Å². The fourth-order valence-corrected chi connectivity index (χ4v) is 2.67. The maximum atomic E-state index is 5.53. The summed E-state index contributed by atoms with van der Waals surface area (Å²) < 4.78 is 0. The molecule has 0 aromatic carbocycles. The number of thiazole rings is 1. The summed E-state index contributed by atoms with van der Waals surface area (Å²) in [6, 6.07) is 6.04. The van der Waals surface area contributed by atoms with Crippen LogP contribution in [0.25, 0.3) is 0 Å². The number of aromatic nitrogens is 2. The van der Waals surface area contributed by atoms with Gasteiger partial charge in [0.25, 0.3) is 0 Å². The van der Waals surface area contributed by atoms with Crippen LogP contribution in [0.3, 0.4) is 0 Å². The van der Waals surface area contributed by atoms with Crippen LogP contribution in [0.1, 0.15) is 16.4 Å². The van der Waals surface area contributed by atoms with Gasteiger partial charge in [-0.25, -0.2) is 4.98 Å². The van der Waals surface area contributed by atoms with E-state index in [9.17, 15) is 0 Å². The monoisotopic (exact) mass is 276 g/mol. The summed E-state index contributed by atoms with van der Waals surface area (Å²) in [6.45, 7) is 2.54. The molecule has 0 atom stereocenters. The number of rotatable bonds is 7. The molecule has 0 saturated heterocycles. The molecule has 5 heteroatoms. The van der Waals surface area contributed by atoms with Crippen molar-refractivity contribution in [2.45, 2.75) is 19.4 Å². The van der Waals surface area contributed by atoms with Gasteiger partial charge in [-0.15, -0.1) is 11.3 Å². The number of hydrogen-bond donors (Lipinski definition) is 1. The second kappa shape index (κ2) is 7.33. The van der Waals surface area contributed by atoms with Crippen LogP contribution in [0.4, 0.5) is 0 Å². The van der Waals surface area contributed by atoms with E-state index in [-0.39, 0.29) is 0 Å². The summed E-state index contributed by atoms with van der Waals surface area (Å²) in [6.07, 6.45) is 3.69. The van der Waals surface area contributed by atoms with Gasteiger partial charge in [-0.3, -0.25) is 4.98 Å². The molecule has 4 nitrogen and oxygen atoms in total. The van der Waals surface area contributed by atoms with Crippen LogP contribution in [0.2, 0.25) is 0 Å². The number of pyridine rings is 1. The SMILES string of the molecule is CN(CCc1ccccn1)Cc1csc(CCN)n1. The van der Waals surface area contributed by atoms with Crippen LogP contribution in [0, 0.1) is 0 Å². The first-order valence-electron chi connectivity index (χ1n) is 6.49. The molecule has 0 aliphatic rings. The zero-order chi connectivity index (χ0) is 13.5. The molecule has 2 rings (SSSR count). The minimum Gasteiger partial charge on any atom is -0.330 e. The van der Waals surface area contributed by atoms with Crippen molar-refractivity contribution in [1.29, 1.82) is 0 Å². The molecule has 0 aliphatic carbocycles. The Bertz CT molecular complexity index is 483. The van der Waals surface area contributed by atoms with Crippen LogP contribution in [-0.4, -0.2) is 35.0 Å². The molecule has 0 radical (unpaired) electrons. The summed E-state index contributed by atoms with van der Waals surface area (Å²) in [5, 5.41) is 3.26. The molecule has 0 spiro atoms. The number of likely N-dealkylation sites (N-methyl/N-ethyl adjacent to an activating group) is 1. The molecule has 0 bridgehead atoms. The van der Waals surface area contributed by atoms with Crippen molar-refractivity contribution >= 4 is 11.3 Å². The van der Waals surface area contributed by atoms with E-state index in [1.54, 1.807) is 11.3 Å². The van der Waals surface area contributed by atoms with Gasteiger partial charge in [0, 0.05) is 43.2 Å². The van der Waals surface area contributed by atoms with Gasteiger partial charge in [-0.2, -0.15) is 0 Å². The lowest BCUT2D eigenvalue weighted by molar-refractivity contribution is 0.326. The number of nitrogens with zero attached hydrogens (tertiary/aromatic N) is 3. The molecule has 2 aromatic rings. The molecule has 2 N–H and O–H groups in total. The summed E-state index contributed by atoms with van der Waals surface area (Å²) in [7, 11) is 2.12. The summed E-state index contributed by atoms with van der Waals surface area (Å²) in [5.74, 6) is 0. The predicted molar refractivity (Wildman–Crippen MR) is 79.1 cm³/mol. The molecule has 2 heterocycles. The lowest BCUT2D eigenvalue weighted by Gasteiger charge is -2.14. The summed E-state index contributed by atoms with van der Waals surface area (Å²) in [5.41, 5.74) is 7.80. The van der Waals surface area contributed by atoms with Gasteiger partial charge >= 0.3 is 0 Å². The van der Waals surface area contributed by atoms with Gasteiger partial charge in [0.15, 0.2) is 0 Å².